The SMILES string of the molecule is COc1ccc2nc3c(nc2c1)O[C@H]1CC(C(=O)[C@H](C(C)(C)C)CC(=O)O[C@@H]2CC4CC4[C@H]2CCCCC3)[C@H](C(C)=O)[C@@H]1C. The van der Waals surface area contributed by atoms with E-state index in [9.17, 15) is 14.4 Å². The minimum absolute atomic E-state index is 0.0225. The molecule has 0 radical (unpaired) electrons. The predicted molar refractivity (Wildman–Crippen MR) is 166 cm³/mol. The van der Waals surface area contributed by atoms with Gasteiger partial charge in [-0.3, -0.25) is 14.4 Å². The van der Waals surface area contributed by atoms with Gasteiger partial charge in [-0.25, -0.2) is 9.97 Å². The summed E-state index contributed by atoms with van der Waals surface area (Å²) in [6.45, 7) is 9.57. The third-order valence-electron chi connectivity index (χ3n) is 11.1. The van der Waals surface area contributed by atoms with Crippen molar-refractivity contribution in [1.82, 2.24) is 9.97 Å². The fourth-order valence-corrected chi connectivity index (χ4v) is 8.57. The van der Waals surface area contributed by atoms with E-state index in [4.69, 9.17) is 24.2 Å². The summed E-state index contributed by atoms with van der Waals surface area (Å²) in [5.41, 5.74) is 1.82. The van der Waals surface area contributed by atoms with Crippen molar-refractivity contribution < 1.29 is 28.6 Å². The molecular weight excluding hydrogens is 556 g/mol. The van der Waals surface area contributed by atoms with Gasteiger partial charge in [0, 0.05) is 29.7 Å². The number of hydrogen-bond donors (Lipinski definition) is 0. The lowest BCUT2D eigenvalue weighted by Gasteiger charge is -2.33. The molecule has 4 aliphatic rings. The number of Topliss-reactive ketones (excluding diaryl/α,β-unsaturated/α-hetero) is 2. The number of ketones is 2. The van der Waals surface area contributed by atoms with Crippen molar-refractivity contribution in [2.24, 2.45) is 46.8 Å². The van der Waals surface area contributed by atoms with E-state index >= 15 is 0 Å². The molecule has 0 amide bonds. The molecule has 3 unspecified atom stereocenters. The van der Waals surface area contributed by atoms with Crippen molar-refractivity contribution in [1.29, 1.82) is 0 Å². The lowest BCUT2D eigenvalue weighted by molar-refractivity contribution is -0.156. The Labute approximate surface area is 261 Å². The molecule has 2 bridgehead atoms. The normalized spacial score (nSPS) is 34.5. The number of hydrogen-bond acceptors (Lipinski definition) is 8. The third-order valence-corrected chi connectivity index (χ3v) is 11.1. The first kappa shape index (κ1) is 31.0. The molecule has 0 spiro atoms. The van der Waals surface area contributed by atoms with Gasteiger partial charge in [0.2, 0.25) is 5.88 Å². The lowest BCUT2D eigenvalue weighted by atomic mass is 9.70. The molecule has 2 aromatic rings. The standard InChI is InChI=1S/C36H48N2O6/c1-19-30-17-25(33(19)20(2)39)34(41)26(36(3,4)5)18-32(40)43-31-15-21-14-24(21)23(31)10-8-7-9-11-28-35(44-30)38-29-16-22(42-6)12-13-27(29)37-28/h12-13,16,19,21,23-26,30-31,33H,7-11,14-15,17-18H2,1-6H3/t19-,21?,23-,24?,25?,26-,30+,31-,33+/m1/s1. The molecular formula is C36H48N2O6. The summed E-state index contributed by atoms with van der Waals surface area (Å²) < 4.78 is 18.3. The van der Waals surface area contributed by atoms with E-state index in [2.05, 4.69) is 0 Å². The van der Waals surface area contributed by atoms with E-state index in [0.29, 0.717) is 41.3 Å². The molecule has 8 heteroatoms. The molecule has 6 rings (SSSR count). The zero-order valence-electron chi connectivity index (χ0n) is 27.1. The van der Waals surface area contributed by atoms with Gasteiger partial charge in [-0.15, -0.1) is 0 Å². The summed E-state index contributed by atoms with van der Waals surface area (Å²) in [4.78, 5) is 50.8. The highest BCUT2D eigenvalue weighted by Crippen LogP contribution is 2.58. The fourth-order valence-electron chi connectivity index (χ4n) is 8.57. The van der Waals surface area contributed by atoms with Crippen LogP contribution in [0.1, 0.15) is 91.7 Å². The smallest absolute Gasteiger partial charge is 0.306 e. The number of rotatable bonds is 2. The number of fused-ring (bicyclic) bond motifs is 7. The summed E-state index contributed by atoms with van der Waals surface area (Å²) in [5, 5.41) is 0. The summed E-state index contributed by atoms with van der Waals surface area (Å²) in [6.07, 6.45) is 7.04. The van der Waals surface area contributed by atoms with Crippen molar-refractivity contribution in [3.63, 3.8) is 0 Å². The van der Waals surface area contributed by atoms with E-state index in [-0.39, 0.29) is 42.1 Å². The maximum absolute atomic E-state index is 14.4. The number of aromatic nitrogens is 2. The van der Waals surface area contributed by atoms with Crippen LogP contribution in [-0.2, 0) is 25.5 Å². The molecule has 0 saturated heterocycles. The van der Waals surface area contributed by atoms with Crippen LogP contribution in [0.25, 0.3) is 11.0 Å². The molecule has 238 valence electrons. The van der Waals surface area contributed by atoms with Crippen molar-refractivity contribution in [3.8, 4) is 11.6 Å². The summed E-state index contributed by atoms with van der Waals surface area (Å²) in [6, 6.07) is 5.67. The Hall–Kier alpha value is -3.03. The highest BCUT2D eigenvalue weighted by molar-refractivity contribution is 5.93. The number of ether oxygens (including phenoxy) is 3. The topological polar surface area (TPSA) is 105 Å². The van der Waals surface area contributed by atoms with Gasteiger partial charge in [0.05, 0.1) is 24.6 Å². The Balaban J connectivity index is 1.36. The number of nitrogens with zero attached hydrogens (tertiary/aromatic N) is 2. The Morgan fingerprint density at radius 1 is 0.955 bits per heavy atom. The van der Waals surface area contributed by atoms with Gasteiger partial charge >= 0.3 is 5.97 Å². The van der Waals surface area contributed by atoms with Crippen LogP contribution in [-0.4, -0.2) is 46.8 Å². The van der Waals surface area contributed by atoms with E-state index in [1.807, 2.05) is 45.9 Å². The number of esters is 1. The second-order valence-corrected chi connectivity index (χ2v) is 15.0. The van der Waals surface area contributed by atoms with Crippen LogP contribution in [0.3, 0.4) is 0 Å². The average Bonchev–Trinajstić information content (AvgIpc) is 3.53. The third kappa shape index (κ3) is 6.10. The second kappa shape index (κ2) is 12.1. The van der Waals surface area contributed by atoms with Crippen LogP contribution >= 0.6 is 0 Å². The quantitative estimate of drug-likeness (QED) is 0.355. The molecule has 9 atom stereocenters. The van der Waals surface area contributed by atoms with Gasteiger partial charge < -0.3 is 14.2 Å². The summed E-state index contributed by atoms with van der Waals surface area (Å²) in [5.74, 6) is 0.805. The number of aryl methyl sites for hydroxylation is 1. The Morgan fingerprint density at radius 3 is 2.48 bits per heavy atom. The largest absolute Gasteiger partial charge is 0.497 e. The van der Waals surface area contributed by atoms with Crippen LogP contribution in [0.15, 0.2) is 18.2 Å². The van der Waals surface area contributed by atoms with E-state index in [1.54, 1.807) is 14.0 Å². The monoisotopic (exact) mass is 604 g/mol. The molecule has 3 saturated carbocycles. The molecule has 1 aliphatic heterocycles. The van der Waals surface area contributed by atoms with Crippen molar-refractivity contribution in [2.45, 2.75) is 105 Å². The minimum Gasteiger partial charge on any atom is -0.497 e. The van der Waals surface area contributed by atoms with Crippen LogP contribution in [0.5, 0.6) is 11.6 Å². The Bertz CT molecular complexity index is 1430. The predicted octanol–water partition coefficient (Wildman–Crippen LogP) is 6.55. The minimum atomic E-state index is -0.551. The molecule has 3 fully saturated rings. The molecule has 1 aromatic carbocycles. The van der Waals surface area contributed by atoms with Gasteiger partial charge in [-0.05, 0) is 80.8 Å². The molecule has 3 aliphatic carbocycles. The molecule has 44 heavy (non-hydrogen) atoms. The van der Waals surface area contributed by atoms with Crippen molar-refractivity contribution in [3.05, 3.63) is 23.9 Å². The first-order valence-electron chi connectivity index (χ1n) is 16.7. The van der Waals surface area contributed by atoms with Crippen LogP contribution in [0, 0.1) is 46.8 Å². The first-order chi connectivity index (χ1) is 20.9. The number of carbonyl (C=O) groups is 3. The van der Waals surface area contributed by atoms with Gasteiger partial charge in [0.25, 0.3) is 0 Å². The van der Waals surface area contributed by atoms with E-state index < -0.39 is 23.2 Å². The zero-order chi connectivity index (χ0) is 31.3. The number of benzene rings is 1. The maximum Gasteiger partial charge on any atom is 0.306 e. The van der Waals surface area contributed by atoms with Crippen molar-refractivity contribution >= 4 is 28.6 Å². The lowest BCUT2D eigenvalue weighted by Crippen LogP contribution is -2.39. The second-order valence-electron chi connectivity index (χ2n) is 15.0. The zero-order valence-corrected chi connectivity index (χ0v) is 27.1. The summed E-state index contributed by atoms with van der Waals surface area (Å²) in [7, 11) is 1.63. The highest BCUT2D eigenvalue weighted by atomic mass is 16.5. The van der Waals surface area contributed by atoms with Crippen LogP contribution < -0.4 is 9.47 Å². The number of carbonyl (C=O) groups excluding carboxylic acids is 3. The number of methoxy groups -OCH3 is 1. The van der Waals surface area contributed by atoms with E-state index in [1.165, 1.54) is 6.42 Å². The molecule has 2 heterocycles. The van der Waals surface area contributed by atoms with Gasteiger partial charge in [-0.1, -0.05) is 40.5 Å². The van der Waals surface area contributed by atoms with Gasteiger partial charge in [-0.2, -0.15) is 0 Å². The highest BCUT2D eigenvalue weighted by Gasteiger charge is 2.55. The first-order valence-corrected chi connectivity index (χ1v) is 16.7. The van der Waals surface area contributed by atoms with Gasteiger partial charge in [0.15, 0.2) is 0 Å². The molecule has 0 N–H and O–H groups in total. The Kier molecular flexibility index (Phi) is 8.48. The van der Waals surface area contributed by atoms with Crippen LogP contribution in [0.4, 0.5) is 0 Å². The molecule has 1 aromatic heterocycles. The fraction of sp³-hybridized carbons (Fsp3) is 0.694. The average molecular weight is 605 g/mol. The van der Waals surface area contributed by atoms with Gasteiger partial charge in [0.1, 0.15) is 35.2 Å². The van der Waals surface area contributed by atoms with E-state index in [0.717, 1.165) is 49.7 Å². The van der Waals surface area contributed by atoms with Crippen LogP contribution in [0.2, 0.25) is 0 Å². The van der Waals surface area contributed by atoms with Crippen molar-refractivity contribution in [2.75, 3.05) is 7.11 Å². The summed E-state index contributed by atoms with van der Waals surface area (Å²) >= 11 is 0. The Morgan fingerprint density at radius 2 is 1.75 bits per heavy atom. The molecule has 8 nitrogen and oxygen atoms in total. The maximum atomic E-state index is 14.4.